The molecule has 0 radical (unpaired) electrons. The summed E-state index contributed by atoms with van der Waals surface area (Å²) in [6.07, 6.45) is 2.25. The number of quaternary nitrogens is 2. The highest BCUT2D eigenvalue weighted by atomic mass is 16.5. The molecule has 7 heteroatoms. The van der Waals surface area contributed by atoms with Crippen molar-refractivity contribution in [1.82, 2.24) is 20.2 Å². The van der Waals surface area contributed by atoms with Crippen molar-refractivity contribution < 1.29 is 14.5 Å². The molecule has 2 heterocycles. The molecule has 1 fully saturated rings. The highest BCUT2D eigenvalue weighted by Gasteiger charge is 2.34. The Hall–Kier alpha value is -1.83. The first-order chi connectivity index (χ1) is 12.3. The van der Waals surface area contributed by atoms with E-state index in [9.17, 15) is 0 Å². The number of para-hydroxylation sites is 1. The summed E-state index contributed by atoms with van der Waals surface area (Å²) in [6.45, 7) is 8.18. The van der Waals surface area contributed by atoms with Crippen molar-refractivity contribution in [2.75, 3.05) is 39.9 Å². The highest BCUT2D eigenvalue weighted by molar-refractivity contribution is 5.27. The van der Waals surface area contributed by atoms with Gasteiger partial charge in [-0.25, -0.2) is 4.68 Å². The van der Waals surface area contributed by atoms with Gasteiger partial charge in [0.2, 0.25) is 5.82 Å². The van der Waals surface area contributed by atoms with Gasteiger partial charge in [0.15, 0.2) is 0 Å². The number of nitrogens with one attached hydrogen (secondary N) is 2. The lowest BCUT2D eigenvalue weighted by atomic mass is 10.1. The second-order valence-electron chi connectivity index (χ2n) is 6.72. The minimum absolute atomic E-state index is 0.370. The largest absolute Gasteiger partial charge is 0.383 e. The second-order valence-corrected chi connectivity index (χ2v) is 6.72. The van der Waals surface area contributed by atoms with Gasteiger partial charge in [-0.2, -0.15) is 0 Å². The molecule has 0 bridgehead atoms. The van der Waals surface area contributed by atoms with Crippen molar-refractivity contribution >= 4 is 5.69 Å². The quantitative estimate of drug-likeness (QED) is 0.662. The SMILES string of the molecule is CCC[C@H](c1nnnn1CCOC)[NH+]1CC[NH+](c2ccccc2)CC1. The smallest absolute Gasteiger partial charge is 0.209 e. The number of methoxy groups -OCH3 is 1. The van der Waals surface area contributed by atoms with Crippen molar-refractivity contribution in [2.24, 2.45) is 0 Å². The van der Waals surface area contributed by atoms with Crippen LogP contribution in [0, 0.1) is 0 Å². The van der Waals surface area contributed by atoms with Gasteiger partial charge in [0.1, 0.15) is 37.9 Å². The molecule has 0 saturated carbocycles. The number of tetrazole rings is 1. The summed E-state index contributed by atoms with van der Waals surface area (Å²) in [5.41, 5.74) is 1.40. The van der Waals surface area contributed by atoms with Crippen molar-refractivity contribution in [3.63, 3.8) is 0 Å². The van der Waals surface area contributed by atoms with E-state index in [1.807, 2.05) is 4.68 Å². The molecule has 0 amide bonds. The predicted molar refractivity (Wildman–Crippen MR) is 94.8 cm³/mol. The molecule has 0 spiro atoms. The molecule has 1 aliphatic heterocycles. The van der Waals surface area contributed by atoms with E-state index in [1.165, 1.54) is 5.69 Å². The lowest BCUT2D eigenvalue weighted by molar-refractivity contribution is -1.01. The fourth-order valence-corrected chi connectivity index (χ4v) is 3.79. The molecular formula is C18H30N6O+2. The Morgan fingerprint density at radius 3 is 2.60 bits per heavy atom. The van der Waals surface area contributed by atoms with Crippen LogP contribution < -0.4 is 9.80 Å². The molecule has 1 aliphatic rings. The van der Waals surface area contributed by atoms with Gasteiger partial charge in [-0.15, -0.1) is 5.10 Å². The summed E-state index contributed by atoms with van der Waals surface area (Å²) in [7, 11) is 1.71. The number of benzene rings is 1. The number of nitrogens with zero attached hydrogens (tertiary/aromatic N) is 4. The van der Waals surface area contributed by atoms with E-state index in [-0.39, 0.29) is 0 Å². The first-order valence-electron chi connectivity index (χ1n) is 9.33. The van der Waals surface area contributed by atoms with Gasteiger partial charge in [0.25, 0.3) is 0 Å². The van der Waals surface area contributed by atoms with E-state index in [2.05, 4.69) is 52.8 Å². The van der Waals surface area contributed by atoms with Crippen LogP contribution in [-0.2, 0) is 11.3 Å². The molecular weight excluding hydrogens is 316 g/mol. The molecule has 1 saturated heterocycles. The molecule has 0 aliphatic carbocycles. The first kappa shape index (κ1) is 18.0. The van der Waals surface area contributed by atoms with Crippen LogP contribution in [-0.4, -0.2) is 60.1 Å². The number of hydrogen-bond acceptors (Lipinski definition) is 4. The maximum absolute atomic E-state index is 5.19. The van der Waals surface area contributed by atoms with E-state index in [4.69, 9.17) is 4.74 Å². The number of aromatic nitrogens is 4. The number of hydrogen-bond donors (Lipinski definition) is 2. The monoisotopic (exact) mass is 346 g/mol. The van der Waals surface area contributed by atoms with Crippen LogP contribution in [0.4, 0.5) is 5.69 Å². The fourth-order valence-electron chi connectivity index (χ4n) is 3.79. The number of rotatable bonds is 8. The van der Waals surface area contributed by atoms with Gasteiger partial charge in [-0.1, -0.05) is 31.5 Å². The zero-order chi connectivity index (χ0) is 17.5. The maximum Gasteiger partial charge on any atom is 0.209 e. The van der Waals surface area contributed by atoms with Crippen LogP contribution >= 0.6 is 0 Å². The first-order valence-corrected chi connectivity index (χ1v) is 9.33. The van der Waals surface area contributed by atoms with Gasteiger partial charge in [0, 0.05) is 13.5 Å². The summed E-state index contributed by atoms with van der Waals surface area (Å²) in [6, 6.07) is 11.2. The lowest BCUT2D eigenvalue weighted by Gasteiger charge is -2.33. The molecule has 2 N–H and O–H groups in total. The summed E-state index contributed by atoms with van der Waals surface area (Å²) >= 11 is 0. The summed E-state index contributed by atoms with van der Waals surface area (Å²) in [5, 5.41) is 12.5. The van der Waals surface area contributed by atoms with Crippen LogP contribution in [0.15, 0.2) is 30.3 Å². The molecule has 2 aromatic rings. The van der Waals surface area contributed by atoms with Crippen molar-refractivity contribution in [1.29, 1.82) is 0 Å². The van der Waals surface area contributed by atoms with Gasteiger partial charge in [-0.3, -0.25) is 4.90 Å². The van der Waals surface area contributed by atoms with E-state index >= 15 is 0 Å². The average molecular weight is 346 g/mol. The van der Waals surface area contributed by atoms with Gasteiger partial charge >= 0.3 is 0 Å². The van der Waals surface area contributed by atoms with Crippen LogP contribution in [0.3, 0.4) is 0 Å². The normalized spacial score (nSPS) is 22.0. The Morgan fingerprint density at radius 1 is 1.16 bits per heavy atom. The van der Waals surface area contributed by atoms with Crippen LogP contribution in [0.1, 0.15) is 31.6 Å². The van der Waals surface area contributed by atoms with E-state index in [0.717, 1.165) is 44.8 Å². The maximum atomic E-state index is 5.19. The lowest BCUT2D eigenvalue weighted by Crippen LogP contribution is -3.26. The summed E-state index contributed by atoms with van der Waals surface area (Å²) < 4.78 is 7.12. The van der Waals surface area contributed by atoms with E-state index in [0.29, 0.717) is 19.2 Å². The van der Waals surface area contributed by atoms with Gasteiger partial charge < -0.3 is 9.64 Å². The topological polar surface area (TPSA) is 61.7 Å². The van der Waals surface area contributed by atoms with Crippen LogP contribution in [0.25, 0.3) is 0 Å². The molecule has 7 nitrogen and oxygen atoms in total. The van der Waals surface area contributed by atoms with Crippen LogP contribution in [0.5, 0.6) is 0 Å². The van der Waals surface area contributed by atoms with Gasteiger partial charge in [-0.05, 0) is 22.6 Å². The Balaban J connectivity index is 1.67. The summed E-state index contributed by atoms with van der Waals surface area (Å²) in [4.78, 5) is 3.19. The molecule has 1 aromatic heterocycles. The molecule has 136 valence electrons. The van der Waals surface area contributed by atoms with Crippen molar-refractivity contribution in [3.05, 3.63) is 36.2 Å². The fraction of sp³-hybridized carbons (Fsp3) is 0.611. The van der Waals surface area contributed by atoms with Gasteiger partial charge in [0.05, 0.1) is 13.2 Å². The van der Waals surface area contributed by atoms with Crippen molar-refractivity contribution in [2.45, 2.75) is 32.4 Å². The molecule has 25 heavy (non-hydrogen) atoms. The third-order valence-electron chi connectivity index (χ3n) is 5.13. The number of piperazine rings is 1. The predicted octanol–water partition coefficient (Wildman–Crippen LogP) is -0.724. The average Bonchev–Trinajstić information content (AvgIpc) is 3.13. The third-order valence-corrected chi connectivity index (χ3v) is 5.13. The molecule has 1 aromatic carbocycles. The molecule has 1 atom stereocenters. The van der Waals surface area contributed by atoms with E-state index in [1.54, 1.807) is 16.9 Å². The zero-order valence-corrected chi connectivity index (χ0v) is 15.3. The Kier molecular flexibility index (Phi) is 6.49. The minimum atomic E-state index is 0.370. The van der Waals surface area contributed by atoms with Crippen LogP contribution in [0.2, 0.25) is 0 Å². The minimum Gasteiger partial charge on any atom is -0.383 e. The zero-order valence-electron chi connectivity index (χ0n) is 15.3. The van der Waals surface area contributed by atoms with E-state index < -0.39 is 0 Å². The standard InChI is InChI=1S/C18H28N6O/c1-3-7-17(18-19-20-21-24(18)14-15-25-2)23-12-10-22(11-13-23)16-8-5-4-6-9-16/h4-6,8-9,17H,3,7,10-15H2,1-2H3/p+2/t17-/m1/s1. The Labute approximate surface area is 149 Å². The second kappa shape index (κ2) is 9.03. The Bertz CT molecular complexity index is 624. The summed E-state index contributed by atoms with van der Waals surface area (Å²) in [5.74, 6) is 1.01. The van der Waals surface area contributed by atoms with Crippen molar-refractivity contribution in [3.8, 4) is 0 Å². The molecule has 0 unspecified atom stereocenters. The highest BCUT2D eigenvalue weighted by Crippen LogP contribution is 2.12. The molecule has 3 rings (SSSR count). The Morgan fingerprint density at radius 2 is 1.92 bits per heavy atom. The third kappa shape index (κ3) is 4.42. The number of ether oxygens (including phenoxy) is 1.